The molecule has 1 aliphatic heterocycles. The molecule has 1 aromatic carbocycles. The molecule has 1 amide bonds. The van der Waals surface area contributed by atoms with Crippen LogP contribution in [-0.4, -0.2) is 51.6 Å². The summed E-state index contributed by atoms with van der Waals surface area (Å²) < 4.78 is 5.33. The highest BCUT2D eigenvalue weighted by atomic mass is 16.5. The van der Waals surface area contributed by atoms with Crippen molar-refractivity contribution < 1.29 is 9.53 Å². The first-order valence-electron chi connectivity index (χ1n) is 7.91. The van der Waals surface area contributed by atoms with Crippen molar-refractivity contribution in [1.29, 1.82) is 0 Å². The number of H-pyrrole nitrogens is 1. The number of para-hydroxylation sites is 1. The standard InChI is InChI=1S/C16H21N5O2/c1-23-14-5-3-2-4-12(14)6-7-15(22)21-10-8-13(9-11-21)16-17-19-20-18-16/h2-5,13H,6-11H2,1H3,(H,17,18,19,20). The van der Waals surface area contributed by atoms with Crippen molar-refractivity contribution in [2.75, 3.05) is 20.2 Å². The molecule has 7 heteroatoms. The highest BCUT2D eigenvalue weighted by Crippen LogP contribution is 2.25. The topological polar surface area (TPSA) is 84.0 Å². The summed E-state index contributed by atoms with van der Waals surface area (Å²) in [6, 6.07) is 7.84. The summed E-state index contributed by atoms with van der Waals surface area (Å²) in [5.41, 5.74) is 1.07. The number of aromatic nitrogens is 4. The van der Waals surface area contributed by atoms with Gasteiger partial charge in [0.25, 0.3) is 0 Å². The molecule has 1 saturated heterocycles. The third kappa shape index (κ3) is 3.67. The Morgan fingerprint density at radius 3 is 2.83 bits per heavy atom. The number of ether oxygens (including phenoxy) is 1. The van der Waals surface area contributed by atoms with Crippen molar-refractivity contribution >= 4 is 5.91 Å². The molecule has 7 nitrogen and oxygen atoms in total. The van der Waals surface area contributed by atoms with Crippen molar-refractivity contribution in [2.24, 2.45) is 0 Å². The number of benzene rings is 1. The van der Waals surface area contributed by atoms with E-state index in [1.807, 2.05) is 29.2 Å². The van der Waals surface area contributed by atoms with E-state index in [4.69, 9.17) is 4.74 Å². The van der Waals surface area contributed by atoms with E-state index in [0.717, 1.165) is 43.1 Å². The average molecular weight is 315 g/mol. The number of amides is 1. The second-order valence-corrected chi connectivity index (χ2v) is 5.74. The molecule has 1 N–H and O–H groups in total. The molecule has 0 bridgehead atoms. The van der Waals surface area contributed by atoms with E-state index in [1.54, 1.807) is 7.11 Å². The molecular weight excluding hydrogens is 294 g/mol. The lowest BCUT2D eigenvalue weighted by Gasteiger charge is -2.30. The number of hydrogen-bond donors (Lipinski definition) is 1. The zero-order valence-electron chi connectivity index (χ0n) is 13.2. The maximum atomic E-state index is 12.4. The van der Waals surface area contributed by atoms with Crippen LogP contribution in [0.5, 0.6) is 5.75 Å². The van der Waals surface area contributed by atoms with Crippen LogP contribution in [0.4, 0.5) is 0 Å². The third-order valence-electron chi connectivity index (χ3n) is 4.38. The van der Waals surface area contributed by atoms with Crippen LogP contribution in [0.15, 0.2) is 24.3 Å². The lowest BCUT2D eigenvalue weighted by Crippen LogP contribution is -2.38. The van der Waals surface area contributed by atoms with Gasteiger partial charge in [-0.05, 0) is 30.9 Å². The van der Waals surface area contributed by atoms with Crippen molar-refractivity contribution in [3.63, 3.8) is 0 Å². The van der Waals surface area contributed by atoms with Crippen LogP contribution in [0.1, 0.15) is 36.6 Å². The first kappa shape index (κ1) is 15.5. The summed E-state index contributed by atoms with van der Waals surface area (Å²) >= 11 is 0. The number of carbonyl (C=O) groups is 1. The second kappa shape index (κ2) is 7.21. The summed E-state index contributed by atoms with van der Waals surface area (Å²) in [5, 5.41) is 14.2. The quantitative estimate of drug-likeness (QED) is 0.905. The normalized spacial score (nSPS) is 15.6. The molecule has 2 aromatic rings. The number of nitrogens with one attached hydrogen (secondary N) is 1. The van der Waals surface area contributed by atoms with Gasteiger partial charge in [0, 0.05) is 25.4 Å². The van der Waals surface area contributed by atoms with E-state index in [9.17, 15) is 4.79 Å². The molecule has 0 aliphatic carbocycles. The fourth-order valence-corrected chi connectivity index (χ4v) is 3.04. The summed E-state index contributed by atoms with van der Waals surface area (Å²) in [7, 11) is 1.66. The Morgan fingerprint density at radius 1 is 1.35 bits per heavy atom. The zero-order valence-corrected chi connectivity index (χ0v) is 13.2. The first-order chi connectivity index (χ1) is 11.3. The van der Waals surface area contributed by atoms with Crippen LogP contribution in [0.3, 0.4) is 0 Å². The Kier molecular flexibility index (Phi) is 4.85. The molecule has 0 unspecified atom stereocenters. The molecule has 1 fully saturated rings. The Bertz CT molecular complexity index is 636. The fourth-order valence-electron chi connectivity index (χ4n) is 3.04. The number of aromatic amines is 1. The zero-order chi connectivity index (χ0) is 16.1. The molecule has 0 spiro atoms. The van der Waals surface area contributed by atoms with Gasteiger partial charge < -0.3 is 9.64 Å². The average Bonchev–Trinajstić information content (AvgIpc) is 3.14. The van der Waals surface area contributed by atoms with Crippen molar-refractivity contribution in [3.05, 3.63) is 35.7 Å². The Labute approximate surface area is 135 Å². The van der Waals surface area contributed by atoms with Gasteiger partial charge in [-0.2, -0.15) is 5.21 Å². The largest absolute Gasteiger partial charge is 0.496 e. The SMILES string of the molecule is COc1ccccc1CCC(=O)N1CCC(c2nn[nH]n2)CC1. The van der Waals surface area contributed by atoms with Crippen molar-refractivity contribution in [3.8, 4) is 5.75 Å². The smallest absolute Gasteiger partial charge is 0.222 e. The highest BCUT2D eigenvalue weighted by molar-refractivity contribution is 5.76. The first-order valence-corrected chi connectivity index (χ1v) is 7.91. The van der Waals surface area contributed by atoms with Crippen LogP contribution in [0.25, 0.3) is 0 Å². The van der Waals surface area contributed by atoms with E-state index < -0.39 is 0 Å². The number of nitrogens with zero attached hydrogens (tertiary/aromatic N) is 4. The summed E-state index contributed by atoms with van der Waals surface area (Å²) in [5.74, 6) is 2.09. The number of hydrogen-bond acceptors (Lipinski definition) is 5. The van der Waals surface area contributed by atoms with Gasteiger partial charge in [0.1, 0.15) is 5.75 Å². The van der Waals surface area contributed by atoms with Gasteiger partial charge in [0.2, 0.25) is 5.91 Å². The van der Waals surface area contributed by atoms with Crippen molar-refractivity contribution in [2.45, 2.75) is 31.6 Å². The number of methoxy groups -OCH3 is 1. The molecule has 2 heterocycles. The van der Waals surface area contributed by atoms with Crippen LogP contribution in [0, 0.1) is 0 Å². The van der Waals surface area contributed by atoms with Crippen molar-refractivity contribution in [1.82, 2.24) is 25.5 Å². The van der Waals surface area contributed by atoms with Gasteiger partial charge >= 0.3 is 0 Å². The third-order valence-corrected chi connectivity index (χ3v) is 4.38. The number of piperidine rings is 1. The van der Waals surface area contributed by atoms with Crippen LogP contribution >= 0.6 is 0 Å². The molecule has 122 valence electrons. The van der Waals surface area contributed by atoms with Crippen LogP contribution in [0.2, 0.25) is 0 Å². The lowest BCUT2D eigenvalue weighted by atomic mass is 9.96. The predicted octanol–water partition coefficient (Wildman–Crippen LogP) is 1.55. The Hall–Kier alpha value is -2.44. The van der Waals surface area contributed by atoms with E-state index in [1.165, 1.54) is 0 Å². The predicted molar refractivity (Wildman–Crippen MR) is 84.0 cm³/mol. The van der Waals surface area contributed by atoms with Gasteiger partial charge in [-0.1, -0.05) is 23.4 Å². The second-order valence-electron chi connectivity index (χ2n) is 5.74. The molecule has 1 aromatic heterocycles. The molecule has 0 radical (unpaired) electrons. The molecule has 0 atom stereocenters. The number of likely N-dealkylation sites (tertiary alicyclic amines) is 1. The molecule has 23 heavy (non-hydrogen) atoms. The van der Waals surface area contributed by atoms with Gasteiger partial charge in [-0.25, -0.2) is 0 Å². The van der Waals surface area contributed by atoms with E-state index in [-0.39, 0.29) is 5.91 Å². The maximum absolute atomic E-state index is 12.4. The Morgan fingerprint density at radius 2 is 2.13 bits per heavy atom. The van der Waals surface area contributed by atoms with E-state index in [0.29, 0.717) is 18.8 Å². The number of tetrazole rings is 1. The minimum Gasteiger partial charge on any atom is -0.496 e. The Balaban J connectivity index is 1.50. The summed E-state index contributed by atoms with van der Waals surface area (Å²) in [4.78, 5) is 14.3. The molecule has 0 saturated carbocycles. The van der Waals surface area contributed by atoms with E-state index in [2.05, 4.69) is 20.6 Å². The lowest BCUT2D eigenvalue weighted by molar-refractivity contribution is -0.132. The van der Waals surface area contributed by atoms with Gasteiger partial charge in [-0.3, -0.25) is 4.79 Å². The highest BCUT2D eigenvalue weighted by Gasteiger charge is 2.26. The van der Waals surface area contributed by atoms with Crippen LogP contribution < -0.4 is 4.74 Å². The fraction of sp³-hybridized carbons (Fsp3) is 0.500. The maximum Gasteiger partial charge on any atom is 0.222 e. The van der Waals surface area contributed by atoms with E-state index >= 15 is 0 Å². The minimum atomic E-state index is 0.197. The minimum absolute atomic E-state index is 0.197. The molecule has 1 aliphatic rings. The number of carbonyl (C=O) groups excluding carboxylic acids is 1. The van der Waals surface area contributed by atoms with Crippen LogP contribution in [-0.2, 0) is 11.2 Å². The van der Waals surface area contributed by atoms with Gasteiger partial charge in [0.05, 0.1) is 7.11 Å². The summed E-state index contributed by atoms with van der Waals surface area (Å²) in [6.07, 6.45) is 2.99. The number of aryl methyl sites for hydroxylation is 1. The monoisotopic (exact) mass is 315 g/mol. The van der Waals surface area contributed by atoms with Gasteiger partial charge in [0.15, 0.2) is 5.82 Å². The number of rotatable bonds is 5. The summed E-state index contributed by atoms with van der Waals surface area (Å²) in [6.45, 7) is 1.51. The van der Waals surface area contributed by atoms with Gasteiger partial charge in [-0.15, -0.1) is 10.2 Å². The molecular formula is C16H21N5O2. The molecule has 3 rings (SSSR count).